The SMILES string of the molecule is CC[C@@H]1C[C@H](n2cc(-c3cc(-c4ccccc4O)nnc3N)cn2)CC2(C)CO[N@+]2(C)C1. The number of phenols is 1. The van der Waals surface area contributed by atoms with Gasteiger partial charge in [-0.15, -0.1) is 10.2 Å². The molecule has 32 heavy (non-hydrogen) atoms. The molecule has 0 saturated carbocycles. The summed E-state index contributed by atoms with van der Waals surface area (Å²) in [5, 5.41) is 23.3. The Morgan fingerprint density at radius 3 is 2.81 bits per heavy atom. The molecule has 5 rings (SSSR count). The van der Waals surface area contributed by atoms with Crippen LogP contribution in [0.5, 0.6) is 5.75 Å². The summed E-state index contributed by atoms with van der Waals surface area (Å²) >= 11 is 0. The van der Waals surface area contributed by atoms with Crippen molar-refractivity contribution in [3.8, 4) is 28.1 Å². The van der Waals surface area contributed by atoms with Gasteiger partial charge in [0.25, 0.3) is 0 Å². The Morgan fingerprint density at radius 2 is 2.09 bits per heavy atom. The van der Waals surface area contributed by atoms with Crippen LogP contribution >= 0.6 is 0 Å². The van der Waals surface area contributed by atoms with E-state index in [4.69, 9.17) is 15.7 Å². The fourth-order valence-corrected chi connectivity index (χ4v) is 5.20. The van der Waals surface area contributed by atoms with Gasteiger partial charge < -0.3 is 10.8 Å². The predicted octanol–water partition coefficient (Wildman–Crippen LogP) is 3.81. The normalized spacial score (nSPS) is 29.7. The van der Waals surface area contributed by atoms with E-state index in [1.54, 1.807) is 12.1 Å². The Labute approximate surface area is 188 Å². The van der Waals surface area contributed by atoms with Crippen LogP contribution in [0.4, 0.5) is 5.82 Å². The van der Waals surface area contributed by atoms with Gasteiger partial charge in [-0.3, -0.25) is 4.68 Å². The highest BCUT2D eigenvalue weighted by atomic mass is 16.8. The summed E-state index contributed by atoms with van der Waals surface area (Å²) in [6, 6.07) is 9.26. The number of likely N-dealkylation sites (N-methyl/N-ethyl adjacent to an activating group) is 1. The topological polar surface area (TPSA) is 99.1 Å². The Hall–Kier alpha value is -2.97. The largest absolute Gasteiger partial charge is 0.507 e. The van der Waals surface area contributed by atoms with Crippen LogP contribution in [-0.4, -0.2) is 55.5 Å². The summed E-state index contributed by atoms with van der Waals surface area (Å²) in [6.45, 7) is 6.42. The van der Waals surface area contributed by atoms with E-state index in [1.165, 1.54) is 0 Å². The van der Waals surface area contributed by atoms with E-state index < -0.39 is 0 Å². The summed E-state index contributed by atoms with van der Waals surface area (Å²) in [4.78, 5) is 6.03. The summed E-state index contributed by atoms with van der Waals surface area (Å²) in [5.74, 6) is 1.09. The molecule has 4 heterocycles. The number of quaternary nitrogens is 1. The van der Waals surface area contributed by atoms with Crippen LogP contribution in [0.1, 0.15) is 39.2 Å². The molecule has 168 valence electrons. The number of rotatable bonds is 4. The van der Waals surface area contributed by atoms with Gasteiger partial charge in [0.1, 0.15) is 12.3 Å². The molecule has 2 aliphatic heterocycles. The third-order valence-corrected chi connectivity index (χ3v) is 7.56. The van der Waals surface area contributed by atoms with Crippen molar-refractivity contribution in [1.29, 1.82) is 0 Å². The number of para-hydroxylation sites is 1. The fraction of sp³-hybridized carbons (Fsp3) is 0.458. The van der Waals surface area contributed by atoms with Crippen molar-refractivity contribution in [3.63, 3.8) is 0 Å². The molecule has 0 amide bonds. The van der Waals surface area contributed by atoms with Crippen molar-refractivity contribution >= 4 is 5.82 Å². The highest BCUT2D eigenvalue weighted by Gasteiger charge is 2.60. The van der Waals surface area contributed by atoms with Gasteiger partial charge in [-0.1, -0.05) is 19.1 Å². The Balaban J connectivity index is 1.47. The third kappa shape index (κ3) is 3.34. The number of nitrogens with zero attached hydrogens (tertiary/aromatic N) is 5. The second-order valence-electron chi connectivity index (χ2n) is 9.68. The molecule has 2 fully saturated rings. The molecule has 3 aromatic rings. The van der Waals surface area contributed by atoms with Crippen LogP contribution in [0.2, 0.25) is 0 Å². The van der Waals surface area contributed by atoms with Gasteiger partial charge in [0.05, 0.1) is 25.0 Å². The van der Waals surface area contributed by atoms with E-state index in [-0.39, 0.29) is 11.3 Å². The Kier molecular flexibility index (Phi) is 4.94. The second kappa shape index (κ2) is 7.56. The van der Waals surface area contributed by atoms with Crippen LogP contribution in [0, 0.1) is 5.92 Å². The molecular weight excluding hydrogens is 404 g/mol. The van der Waals surface area contributed by atoms with E-state index in [1.807, 2.05) is 24.4 Å². The highest BCUT2D eigenvalue weighted by molar-refractivity contribution is 5.78. The van der Waals surface area contributed by atoms with E-state index in [2.05, 4.69) is 42.0 Å². The number of fused-ring (bicyclic) bond motifs is 1. The van der Waals surface area contributed by atoms with Crippen LogP contribution in [0.3, 0.4) is 0 Å². The molecule has 2 aliphatic rings. The molecule has 1 unspecified atom stereocenters. The first-order chi connectivity index (χ1) is 15.3. The molecule has 2 aromatic heterocycles. The minimum absolute atomic E-state index is 0.107. The zero-order valence-corrected chi connectivity index (χ0v) is 18.9. The van der Waals surface area contributed by atoms with E-state index >= 15 is 0 Å². The highest BCUT2D eigenvalue weighted by Crippen LogP contribution is 2.46. The molecule has 1 aromatic carbocycles. The van der Waals surface area contributed by atoms with Gasteiger partial charge in [-0.2, -0.15) is 14.6 Å². The lowest BCUT2D eigenvalue weighted by molar-refractivity contribution is -1.18. The predicted molar refractivity (Wildman–Crippen MR) is 122 cm³/mol. The van der Waals surface area contributed by atoms with Crippen molar-refractivity contribution in [3.05, 3.63) is 42.7 Å². The second-order valence-corrected chi connectivity index (χ2v) is 9.68. The number of hydroxylamine groups is 3. The lowest BCUT2D eigenvalue weighted by atomic mass is 9.89. The zero-order valence-electron chi connectivity index (χ0n) is 18.9. The molecule has 2 saturated heterocycles. The van der Waals surface area contributed by atoms with Gasteiger partial charge in [-0.25, -0.2) is 0 Å². The van der Waals surface area contributed by atoms with Crippen molar-refractivity contribution in [2.75, 3.05) is 25.9 Å². The van der Waals surface area contributed by atoms with Crippen LogP contribution < -0.4 is 5.73 Å². The van der Waals surface area contributed by atoms with Crippen LogP contribution in [-0.2, 0) is 4.84 Å². The van der Waals surface area contributed by atoms with Crippen molar-refractivity contribution in [2.24, 2.45) is 5.92 Å². The first-order valence-electron chi connectivity index (χ1n) is 11.3. The lowest BCUT2D eigenvalue weighted by Gasteiger charge is -2.54. The van der Waals surface area contributed by atoms with Crippen LogP contribution in [0.15, 0.2) is 42.7 Å². The lowest BCUT2D eigenvalue weighted by Crippen LogP contribution is -2.72. The average Bonchev–Trinajstić information content (AvgIpc) is 3.25. The first-order valence-corrected chi connectivity index (χ1v) is 11.3. The summed E-state index contributed by atoms with van der Waals surface area (Å²) in [6.07, 6.45) is 7.15. The molecule has 0 radical (unpaired) electrons. The number of aromatic nitrogens is 4. The minimum Gasteiger partial charge on any atom is -0.507 e. The molecule has 3 N–H and O–H groups in total. The fourth-order valence-electron chi connectivity index (χ4n) is 5.20. The maximum Gasteiger partial charge on any atom is 0.163 e. The van der Waals surface area contributed by atoms with Crippen molar-refractivity contribution in [2.45, 2.75) is 44.7 Å². The molecule has 0 bridgehead atoms. The van der Waals surface area contributed by atoms with Crippen molar-refractivity contribution < 1.29 is 14.6 Å². The van der Waals surface area contributed by atoms with Gasteiger partial charge in [-0.05, 0) is 38.0 Å². The van der Waals surface area contributed by atoms with E-state index in [0.717, 1.165) is 43.5 Å². The Bertz CT molecular complexity index is 1150. The first kappa shape index (κ1) is 20.9. The van der Waals surface area contributed by atoms with Gasteiger partial charge in [0.2, 0.25) is 0 Å². The number of benzene rings is 1. The zero-order chi connectivity index (χ0) is 22.5. The molecule has 8 heteroatoms. The number of nitrogen functional groups attached to an aromatic ring is 1. The number of anilines is 1. The molecule has 0 aliphatic carbocycles. The minimum atomic E-state index is 0.107. The average molecular weight is 436 g/mol. The Morgan fingerprint density at radius 1 is 1.28 bits per heavy atom. The molecule has 8 nitrogen and oxygen atoms in total. The standard InChI is InChI=1S/C24H30N6O2/c1-4-16-9-18(11-24(2)15-32-30(24,3)14-16)29-13-17(12-26-29)20-10-21(27-28-23(20)25)19-7-5-6-8-22(19)31/h5-8,10,12-13,16,18H,4,9,11,14-15H2,1-3H3,(H2-,25,27,28,31)/p+1/t16-,18+,24?,30-/m1/s1. The smallest absolute Gasteiger partial charge is 0.163 e. The van der Waals surface area contributed by atoms with Crippen molar-refractivity contribution in [1.82, 2.24) is 20.0 Å². The molecule has 4 atom stereocenters. The quantitative estimate of drug-likeness (QED) is 0.605. The van der Waals surface area contributed by atoms with E-state index in [0.29, 0.717) is 33.7 Å². The number of nitrogens with two attached hydrogens (primary N) is 1. The summed E-state index contributed by atoms with van der Waals surface area (Å²) in [7, 11) is 2.22. The molecule has 0 spiro atoms. The number of hydrogen-bond donors (Lipinski definition) is 2. The summed E-state index contributed by atoms with van der Waals surface area (Å²) in [5.41, 5.74) is 9.17. The van der Waals surface area contributed by atoms with Gasteiger partial charge in [0.15, 0.2) is 18.0 Å². The van der Waals surface area contributed by atoms with E-state index in [9.17, 15) is 5.11 Å². The third-order valence-electron chi connectivity index (χ3n) is 7.56. The summed E-state index contributed by atoms with van der Waals surface area (Å²) < 4.78 is 2.79. The number of aromatic hydroxyl groups is 1. The number of hydrogen-bond acceptors (Lipinski definition) is 6. The molecular formula is C24H31N6O2+. The van der Waals surface area contributed by atoms with Crippen LogP contribution in [0.25, 0.3) is 22.4 Å². The maximum atomic E-state index is 10.2. The monoisotopic (exact) mass is 435 g/mol. The maximum absolute atomic E-state index is 10.2. The number of phenolic OH excluding ortho intramolecular Hbond substituents is 1. The van der Waals surface area contributed by atoms with Gasteiger partial charge in [0, 0.05) is 35.2 Å². The van der Waals surface area contributed by atoms with Gasteiger partial charge >= 0.3 is 0 Å².